The Bertz CT molecular complexity index is 597. The molecule has 74 valence electrons. The maximum absolute atomic E-state index is 12.9. The minimum atomic E-state index is -0.279. The van der Waals surface area contributed by atoms with Crippen LogP contribution in [0, 0.1) is 5.82 Å². The van der Waals surface area contributed by atoms with E-state index in [4.69, 9.17) is 0 Å². The van der Waals surface area contributed by atoms with Crippen LogP contribution in [0.1, 0.15) is 0 Å². The average Bonchev–Trinajstić information content (AvgIpc) is 2.84. The van der Waals surface area contributed by atoms with Gasteiger partial charge in [0, 0.05) is 12.4 Å². The van der Waals surface area contributed by atoms with Gasteiger partial charge in [-0.3, -0.25) is 0 Å². The number of imidazole rings is 1. The Morgan fingerprint density at radius 1 is 1.33 bits per heavy atom. The number of hydrogen-bond donors (Lipinski definition) is 1. The molecular weight excluding hydrogens is 195 g/mol. The second kappa shape index (κ2) is 2.91. The van der Waals surface area contributed by atoms with Crippen molar-refractivity contribution in [1.82, 2.24) is 19.7 Å². The van der Waals surface area contributed by atoms with Crippen molar-refractivity contribution in [2.75, 3.05) is 0 Å². The highest BCUT2D eigenvalue weighted by molar-refractivity contribution is 5.76. The summed E-state index contributed by atoms with van der Waals surface area (Å²) in [4.78, 5) is 7.26. The number of nitrogens with zero attached hydrogens (tertiary/aromatic N) is 3. The summed E-state index contributed by atoms with van der Waals surface area (Å²) in [5.41, 5.74) is 1.39. The molecule has 0 fully saturated rings. The molecule has 0 aliphatic rings. The lowest BCUT2D eigenvalue weighted by Crippen LogP contribution is -1.95. The summed E-state index contributed by atoms with van der Waals surface area (Å²) in [6.07, 6.45) is 3.43. The molecule has 3 rings (SSSR count). The second-order valence-corrected chi connectivity index (χ2v) is 3.17. The van der Waals surface area contributed by atoms with E-state index in [9.17, 15) is 4.39 Å². The smallest absolute Gasteiger partial charge is 0.229 e. The van der Waals surface area contributed by atoms with Crippen LogP contribution >= 0.6 is 0 Å². The Balaban J connectivity index is 2.22. The lowest BCUT2D eigenvalue weighted by Gasteiger charge is -1.91. The van der Waals surface area contributed by atoms with Gasteiger partial charge in [-0.2, -0.15) is 5.10 Å². The highest BCUT2D eigenvalue weighted by Gasteiger charge is 2.04. The molecule has 0 radical (unpaired) electrons. The van der Waals surface area contributed by atoms with Gasteiger partial charge in [-0.25, -0.2) is 14.1 Å². The molecule has 0 bridgehead atoms. The fourth-order valence-corrected chi connectivity index (χ4v) is 1.47. The maximum atomic E-state index is 12.9. The van der Waals surface area contributed by atoms with Crippen LogP contribution in [0.5, 0.6) is 0 Å². The lowest BCUT2D eigenvalue weighted by molar-refractivity contribution is 0.629. The molecule has 3 aromatic rings. The topological polar surface area (TPSA) is 46.5 Å². The molecule has 0 amide bonds. The zero-order valence-corrected chi connectivity index (χ0v) is 7.68. The van der Waals surface area contributed by atoms with Gasteiger partial charge in [0.25, 0.3) is 0 Å². The van der Waals surface area contributed by atoms with Crippen molar-refractivity contribution in [3.63, 3.8) is 0 Å². The minimum absolute atomic E-state index is 0.279. The first-order chi connectivity index (χ1) is 7.33. The maximum Gasteiger partial charge on any atom is 0.229 e. The SMILES string of the molecule is Fc1ccc2nc(-n3cccn3)[nH]c2c1. The summed E-state index contributed by atoms with van der Waals surface area (Å²) in [6.45, 7) is 0. The zero-order valence-electron chi connectivity index (χ0n) is 7.68. The summed E-state index contributed by atoms with van der Waals surface area (Å²) in [5.74, 6) is 0.304. The summed E-state index contributed by atoms with van der Waals surface area (Å²) in [6, 6.07) is 6.23. The third-order valence-electron chi connectivity index (χ3n) is 2.15. The number of hydrogen-bond acceptors (Lipinski definition) is 2. The molecule has 2 heterocycles. The van der Waals surface area contributed by atoms with Crippen molar-refractivity contribution in [2.45, 2.75) is 0 Å². The van der Waals surface area contributed by atoms with E-state index in [1.807, 2.05) is 0 Å². The second-order valence-electron chi connectivity index (χ2n) is 3.17. The Hall–Kier alpha value is -2.17. The van der Waals surface area contributed by atoms with E-state index in [1.165, 1.54) is 12.1 Å². The Morgan fingerprint density at radius 3 is 3.07 bits per heavy atom. The third kappa shape index (κ3) is 1.28. The summed E-state index contributed by atoms with van der Waals surface area (Å²) >= 11 is 0. The Morgan fingerprint density at radius 2 is 2.27 bits per heavy atom. The van der Waals surface area contributed by atoms with Crippen LogP contribution < -0.4 is 0 Å². The molecule has 0 aliphatic carbocycles. The first kappa shape index (κ1) is 8.16. The fourth-order valence-electron chi connectivity index (χ4n) is 1.47. The van der Waals surface area contributed by atoms with Gasteiger partial charge in [0.15, 0.2) is 0 Å². The van der Waals surface area contributed by atoms with Crippen molar-refractivity contribution in [3.05, 3.63) is 42.5 Å². The van der Waals surface area contributed by atoms with Gasteiger partial charge < -0.3 is 4.98 Å². The van der Waals surface area contributed by atoms with Gasteiger partial charge in [0.05, 0.1) is 11.0 Å². The van der Waals surface area contributed by atoms with Crippen molar-refractivity contribution in [2.24, 2.45) is 0 Å². The molecule has 2 aromatic heterocycles. The Kier molecular flexibility index (Phi) is 1.58. The van der Waals surface area contributed by atoms with E-state index >= 15 is 0 Å². The molecule has 15 heavy (non-hydrogen) atoms. The van der Waals surface area contributed by atoms with Crippen LogP contribution in [0.2, 0.25) is 0 Å². The van der Waals surface area contributed by atoms with Crippen LogP contribution in [0.25, 0.3) is 17.0 Å². The number of rotatable bonds is 1. The van der Waals surface area contributed by atoms with E-state index in [0.717, 1.165) is 5.52 Å². The third-order valence-corrected chi connectivity index (χ3v) is 2.15. The average molecular weight is 202 g/mol. The van der Waals surface area contributed by atoms with Crippen LogP contribution in [0.4, 0.5) is 4.39 Å². The highest BCUT2D eigenvalue weighted by atomic mass is 19.1. The molecule has 0 saturated heterocycles. The van der Waals surface area contributed by atoms with Gasteiger partial charge in [-0.05, 0) is 24.3 Å². The number of nitrogens with one attached hydrogen (secondary N) is 1. The van der Waals surface area contributed by atoms with Crippen LogP contribution in [0.3, 0.4) is 0 Å². The van der Waals surface area contributed by atoms with E-state index in [0.29, 0.717) is 11.5 Å². The van der Waals surface area contributed by atoms with Crippen LogP contribution in [-0.2, 0) is 0 Å². The molecule has 5 heteroatoms. The molecule has 4 nitrogen and oxygen atoms in total. The van der Waals surface area contributed by atoms with Crippen molar-refractivity contribution < 1.29 is 4.39 Å². The van der Waals surface area contributed by atoms with E-state index in [2.05, 4.69) is 15.1 Å². The first-order valence-corrected chi connectivity index (χ1v) is 4.48. The normalized spacial score (nSPS) is 11.0. The summed E-state index contributed by atoms with van der Waals surface area (Å²) < 4.78 is 14.5. The summed E-state index contributed by atoms with van der Waals surface area (Å²) in [7, 11) is 0. The molecule has 0 atom stereocenters. The van der Waals surface area contributed by atoms with Crippen molar-refractivity contribution >= 4 is 11.0 Å². The standard InChI is InChI=1S/C10H7FN4/c11-7-2-3-8-9(6-7)14-10(13-8)15-5-1-4-12-15/h1-6H,(H,13,14). The van der Waals surface area contributed by atoms with Gasteiger partial charge in [0.1, 0.15) is 5.82 Å². The number of benzene rings is 1. The number of H-pyrrole nitrogens is 1. The predicted octanol–water partition coefficient (Wildman–Crippen LogP) is 1.89. The van der Waals surface area contributed by atoms with Crippen LogP contribution in [-0.4, -0.2) is 19.7 Å². The molecule has 0 aliphatic heterocycles. The van der Waals surface area contributed by atoms with Crippen molar-refractivity contribution in [3.8, 4) is 5.95 Å². The van der Waals surface area contributed by atoms with E-state index in [1.54, 1.807) is 29.2 Å². The number of aromatic amines is 1. The quantitative estimate of drug-likeness (QED) is 0.655. The largest absolute Gasteiger partial charge is 0.322 e. The van der Waals surface area contributed by atoms with E-state index < -0.39 is 0 Å². The zero-order chi connectivity index (χ0) is 10.3. The number of aromatic nitrogens is 4. The molecule has 1 aromatic carbocycles. The molecule has 0 spiro atoms. The highest BCUT2D eigenvalue weighted by Crippen LogP contribution is 2.14. The Labute approximate surface area is 84.4 Å². The van der Waals surface area contributed by atoms with Gasteiger partial charge in [-0.1, -0.05) is 0 Å². The van der Waals surface area contributed by atoms with Crippen molar-refractivity contribution in [1.29, 1.82) is 0 Å². The lowest BCUT2D eigenvalue weighted by atomic mass is 10.3. The number of halogens is 1. The number of fused-ring (bicyclic) bond motifs is 1. The monoisotopic (exact) mass is 202 g/mol. The summed E-state index contributed by atoms with van der Waals surface area (Å²) in [5, 5.41) is 4.03. The molecular formula is C10H7FN4. The molecule has 0 unspecified atom stereocenters. The minimum Gasteiger partial charge on any atom is -0.322 e. The first-order valence-electron chi connectivity index (χ1n) is 4.48. The fraction of sp³-hybridized carbons (Fsp3) is 0. The van der Waals surface area contributed by atoms with E-state index in [-0.39, 0.29) is 5.82 Å². The van der Waals surface area contributed by atoms with Gasteiger partial charge in [-0.15, -0.1) is 0 Å². The van der Waals surface area contributed by atoms with Gasteiger partial charge in [0.2, 0.25) is 5.95 Å². The molecule has 0 saturated carbocycles. The van der Waals surface area contributed by atoms with Gasteiger partial charge >= 0.3 is 0 Å². The molecule has 1 N–H and O–H groups in total. The van der Waals surface area contributed by atoms with Crippen LogP contribution in [0.15, 0.2) is 36.7 Å². The predicted molar refractivity (Wildman–Crippen MR) is 53.2 cm³/mol.